The summed E-state index contributed by atoms with van der Waals surface area (Å²) >= 11 is 1.45. The largest absolute Gasteiger partial charge is 0.507 e. The fraction of sp³-hybridized carbons (Fsp3) is 0.310. The number of aliphatic hydroxyl groups is 1. The van der Waals surface area contributed by atoms with Crippen LogP contribution < -0.4 is 9.64 Å². The molecule has 4 rings (SSSR count). The summed E-state index contributed by atoms with van der Waals surface area (Å²) in [4.78, 5) is 29.1. The Balaban J connectivity index is 1.93. The number of aliphatic hydroxyl groups excluding tert-OH is 1. The van der Waals surface area contributed by atoms with Crippen molar-refractivity contribution in [1.82, 2.24) is 0 Å². The molecule has 1 saturated heterocycles. The van der Waals surface area contributed by atoms with Gasteiger partial charge in [0, 0.05) is 21.7 Å². The van der Waals surface area contributed by atoms with Crippen LogP contribution in [0.3, 0.4) is 0 Å². The fourth-order valence-electron chi connectivity index (χ4n) is 4.57. The van der Waals surface area contributed by atoms with Crippen LogP contribution in [0, 0.1) is 13.8 Å². The molecule has 1 amide bonds. The topological polar surface area (TPSA) is 66.8 Å². The van der Waals surface area contributed by atoms with E-state index in [0.717, 1.165) is 27.3 Å². The molecule has 2 aromatic carbocycles. The SMILES string of the molecule is CCOc1ccc(/C(O)=C2/C(=O)C(=O)N(c3ccc(C)cc3C)C2c2cccs2)cc1C(C)(C)C. The van der Waals surface area contributed by atoms with Crippen LogP contribution in [0.2, 0.25) is 0 Å². The first kappa shape index (κ1) is 24.7. The maximum Gasteiger partial charge on any atom is 0.300 e. The normalized spacial score (nSPS) is 17.8. The van der Waals surface area contributed by atoms with Gasteiger partial charge in [-0.2, -0.15) is 0 Å². The average molecular weight is 490 g/mol. The fourth-order valence-corrected chi connectivity index (χ4v) is 5.40. The highest BCUT2D eigenvalue weighted by Crippen LogP contribution is 2.45. The smallest absolute Gasteiger partial charge is 0.300 e. The van der Waals surface area contributed by atoms with E-state index in [4.69, 9.17) is 4.74 Å². The highest BCUT2D eigenvalue weighted by molar-refractivity contribution is 7.10. The lowest BCUT2D eigenvalue weighted by atomic mass is 9.84. The Morgan fingerprint density at radius 2 is 1.83 bits per heavy atom. The Bertz CT molecular complexity index is 1310. The third-order valence-electron chi connectivity index (χ3n) is 6.23. The van der Waals surface area contributed by atoms with Crippen LogP contribution in [0.5, 0.6) is 5.75 Å². The highest BCUT2D eigenvalue weighted by Gasteiger charge is 2.47. The van der Waals surface area contributed by atoms with Crippen molar-refractivity contribution in [3.8, 4) is 5.75 Å². The zero-order chi connectivity index (χ0) is 25.5. The average Bonchev–Trinajstić information content (AvgIpc) is 3.41. The molecule has 6 heteroatoms. The zero-order valence-electron chi connectivity index (χ0n) is 21.0. The molecule has 0 saturated carbocycles. The van der Waals surface area contributed by atoms with Crippen molar-refractivity contribution in [3.05, 3.63) is 86.6 Å². The number of amides is 1. The molecule has 1 aliphatic rings. The van der Waals surface area contributed by atoms with Gasteiger partial charge >= 0.3 is 0 Å². The predicted molar refractivity (Wildman–Crippen MR) is 141 cm³/mol. The van der Waals surface area contributed by atoms with Gasteiger partial charge < -0.3 is 9.84 Å². The number of nitrogens with zero attached hydrogens (tertiary/aromatic N) is 1. The molecule has 0 radical (unpaired) electrons. The molecule has 3 aromatic rings. The molecule has 1 N–H and O–H groups in total. The molecule has 1 fully saturated rings. The number of hydrogen-bond acceptors (Lipinski definition) is 5. The Morgan fingerprint density at radius 1 is 1.09 bits per heavy atom. The van der Waals surface area contributed by atoms with Crippen LogP contribution in [0.4, 0.5) is 5.69 Å². The minimum absolute atomic E-state index is 0.0986. The lowest BCUT2D eigenvalue weighted by Crippen LogP contribution is -2.29. The van der Waals surface area contributed by atoms with Crippen molar-refractivity contribution >= 4 is 34.5 Å². The van der Waals surface area contributed by atoms with E-state index in [0.29, 0.717) is 17.9 Å². The first-order valence-electron chi connectivity index (χ1n) is 11.7. The molecule has 1 atom stereocenters. The van der Waals surface area contributed by atoms with E-state index < -0.39 is 17.7 Å². The minimum atomic E-state index is -0.707. The van der Waals surface area contributed by atoms with E-state index in [1.807, 2.05) is 68.6 Å². The van der Waals surface area contributed by atoms with E-state index in [-0.39, 0.29) is 16.7 Å². The number of ether oxygens (including phenoxy) is 1. The summed E-state index contributed by atoms with van der Waals surface area (Å²) in [6, 6.07) is 14.3. The van der Waals surface area contributed by atoms with Crippen LogP contribution in [-0.2, 0) is 15.0 Å². The number of ketones is 1. The summed E-state index contributed by atoms with van der Waals surface area (Å²) in [7, 11) is 0. The molecule has 5 nitrogen and oxygen atoms in total. The quantitative estimate of drug-likeness (QED) is 0.246. The third kappa shape index (κ3) is 4.50. The summed E-state index contributed by atoms with van der Waals surface area (Å²) in [5.41, 5.74) is 3.88. The Labute approximate surface area is 210 Å². The Hall–Kier alpha value is -3.38. The van der Waals surface area contributed by atoms with Gasteiger partial charge in [-0.1, -0.05) is 44.5 Å². The molecule has 1 aromatic heterocycles. The first-order chi connectivity index (χ1) is 16.5. The van der Waals surface area contributed by atoms with E-state index in [9.17, 15) is 14.7 Å². The summed E-state index contributed by atoms with van der Waals surface area (Å²) in [6.07, 6.45) is 0. The summed E-state index contributed by atoms with van der Waals surface area (Å²) in [6.45, 7) is 12.6. The van der Waals surface area contributed by atoms with Gasteiger partial charge in [-0.3, -0.25) is 14.5 Å². The van der Waals surface area contributed by atoms with Gasteiger partial charge in [0.2, 0.25) is 0 Å². The van der Waals surface area contributed by atoms with E-state index in [1.165, 1.54) is 16.2 Å². The molecule has 0 aliphatic carbocycles. The van der Waals surface area contributed by atoms with Gasteiger partial charge in [-0.15, -0.1) is 11.3 Å². The number of thiophene rings is 1. The van der Waals surface area contributed by atoms with Crippen LogP contribution in [0.25, 0.3) is 5.76 Å². The number of hydrogen-bond donors (Lipinski definition) is 1. The maximum absolute atomic E-state index is 13.4. The van der Waals surface area contributed by atoms with Crippen molar-refractivity contribution in [2.75, 3.05) is 11.5 Å². The van der Waals surface area contributed by atoms with Gasteiger partial charge in [-0.25, -0.2) is 0 Å². The predicted octanol–water partition coefficient (Wildman–Crippen LogP) is 6.69. The molecule has 1 unspecified atom stereocenters. The van der Waals surface area contributed by atoms with Crippen LogP contribution in [0.15, 0.2) is 59.5 Å². The van der Waals surface area contributed by atoms with Crippen molar-refractivity contribution < 1.29 is 19.4 Å². The lowest BCUT2D eigenvalue weighted by molar-refractivity contribution is -0.132. The molecule has 2 heterocycles. The van der Waals surface area contributed by atoms with Gasteiger partial charge in [0.25, 0.3) is 11.7 Å². The molecule has 182 valence electrons. The van der Waals surface area contributed by atoms with Crippen LogP contribution in [-0.4, -0.2) is 23.4 Å². The molecule has 1 aliphatic heterocycles. The first-order valence-corrected chi connectivity index (χ1v) is 12.6. The Morgan fingerprint density at radius 3 is 2.43 bits per heavy atom. The molecule has 0 bridgehead atoms. The van der Waals surface area contributed by atoms with Crippen molar-refractivity contribution in [2.45, 2.75) is 53.0 Å². The minimum Gasteiger partial charge on any atom is -0.507 e. The molecular weight excluding hydrogens is 458 g/mol. The number of rotatable bonds is 5. The van der Waals surface area contributed by atoms with Gasteiger partial charge in [-0.05, 0) is 67.5 Å². The number of benzene rings is 2. The molecular formula is C29H31NO4S. The van der Waals surface area contributed by atoms with Gasteiger partial charge in [0.15, 0.2) is 0 Å². The van der Waals surface area contributed by atoms with Gasteiger partial charge in [0.1, 0.15) is 17.6 Å². The number of carbonyl (C=O) groups excluding carboxylic acids is 2. The highest BCUT2D eigenvalue weighted by atomic mass is 32.1. The lowest BCUT2D eigenvalue weighted by Gasteiger charge is -2.26. The number of Topliss-reactive ketones (excluding diaryl/α,β-unsaturated/α-hetero) is 1. The number of anilines is 1. The maximum atomic E-state index is 13.4. The summed E-state index contributed by atoms with van der Waals surface area (Å²) < 4.78 is 5.81. The monoisotopic (exact) mass is 489 g/mol. The second-order valence-electron chi connectivity index (χ2n) is 9.87. The van der Waals surface area contributed by atoms with Gasteiger partial charge in [0.05, 0.1) is 12.2 Å². The standard InChI is InChI=1S/C29H31NO4S/c1-7-34-22-13-11-19(16-20(22)29(4,5)6)26(31)24-25(23-9-8-14-35-23)30(28(33)27(24)32)21-12-10-17(2)15-18(21)3/h8-16,25,31H,7H2,1-6H3/b26-24-. The third-order valence-corrected chi connectivity index (χ3v) is 7.15. The second kappa shape index (κ2) is 9.34. The van der Waals surface area contributed by atoms with Crippen LogP contribution >= 0.6 is 11.3 Å². The Kier molecular flexibility index (Phi) is 6.60. The summed E-state index contributed by atoms with van der Waals surface area (Å²) in [5, 5.41) is 13.4. The van der Waals surface area contributed by atoms with Crippen molar-refractivity contribution in [3.63, 3.8) is 0 Å². The molecule has 0 spiro atoms. The van der Waals surface area contributed by atoms with E-state index in [2.05, 4.69) is 20.8 Å². The van der Waals surface area contributed by atoms with Crippen molar-refractivity contribution in [2.24, 2.45) is 0 Å². The second-order valence-corrected chi connectivity index (χ2v) is 10.8. The number of carbonyl (C=O) groups is 2. The van der Waals surface area contributed by atoms with Crippen molar-refractivity contribution in [1.29, 1.82) is 0 Å². The molecule has 35 heavy (non-hydrogen) atoms. The van der Waals surface area contributed by atoms with E-state index >= 15 is 0 Å². The van der Waals surface area contributed by atoms with E-state index in [1.54, 1.807) is 6.07 Å². The number of aryl methyl sites for hydroxylation is 2. The summed E-state index contributed by atoms with van der Waals surface area (Å²) in [5.74, 6) is -0.768. The van der Waals surface area contributed by atoms with Crippen LogP contribution in [0.1, 0.15) is 60.9 Å². The zero-order valence-corrected chi connectivity index (χ0v) is 21.8.